The van der Waals surface area contributed by atoms with Crippen molar-refractivity contribution in [2.75, 3.05) is 65.4 Å². The van der Waals surface area contributed by atoms with Crippen molar-refractivity contribution in [3.05, 3.63) is 0 Å². The number of unbranched alkanes of at least 4 members (excludes halogenated alkanes) is 3. The van der Waals surface area contributed by atoms with Crippen molar-refractivity contribution in [1.82, 2.24) is 29.4 Å². The minimum atomic E-state index is -0.866. The Morgan fingerprint density at radius 3 is 1.02 bits per heavy atom. The van der Waals surface area contributed by atoms with Crippen molar-refractivity contribution < 1.29 is 88.2 Å². The molecule has 0 bridgehead atoms. The number of amides is 6. The Bertz CT molecular complexity index is 2160. The van der Waals surface area contributed by atoms with E-state index in [1.165, 1.54) is 0 Å². The molecule has 6 aliphatic heterocycles. The zero-order valence-corrected chi connectivity index (χ0v) is 50.6. The summed E-state index contributed by atoms with van der Waals surface area (Å²) >= 11 is 0. The summed E-state index contributed by atoms with van der Waals surface area (Å²) in [7, 11) is 0. The number of carboxylic acids is 6. The normalized spacial score (nSPS) is 22.6. The van der Waals surface area contributed by atoms with Crippen molar-refractivity contribution in [3.63, 3.8) is 0 Å². The van der Waals surface area contributed by atoms with Crippen LogP contribution in [0.1, 0.15) is 172 Å². The molecule has 0 aliphatic carbocycles. The van der Waals surface area contributed by atoms with Crippen LogP contribution in [-0.2, 0) is 57.5 Å². The predicted octanol–water partition coefficient (Wildman–Crippen LogP) is 5.59. The fraction of sp³-hybridized carbons (Fsp3) is 0.793. The van der Waals surface area contributed by atoms with Crippen LogP contribution in [-0.4, -0.2) is 209 Å². The third-order valence-corrected chi connectivity index (χ3v) is 15.2. The summed E-state index contributed by atoms with van der Waals surface area (Å²) in [5.41, 5.74) is 0.0308. The van der Waals surface area contributed by atoms with Crippen LogP contribution < -0.4 is 0 Å². The van der Waals surface area contributed by atoms with Crippen LogP contribution in [0.25, 0.3) is 0 Å². The molecule has 6 aliphatic rings. The molecule has 24 heteroatoms. The number of carboxylic acid groups (broad SMARTS) is 6. The van der Waals surface area contributed by atoms with Gasteiger partial charge in [0.1, 0.15) is 0 Å². The van der Waals surface area contributed by atoms with Crippen molar-refractivity contribution >= 4 is 71.3 Å². The lowest BCUT2D eigenvalue weighted by Gasteiger charge is -2.26. The van der Waals surface area contributed by atoms with E-state index in [1.807, 2.05) is 48.5 Å². The Kier molecular flexibility index (Phi) is 32.6. The van der Waals surface area contributed by atoms with Gasteiger partial charge in [0.05, 0.1) is 35.5 Å². The Labute approximate surface area is 484 Å². The highest BCUT2D eigenvalue weighted by Crippen LogP contribution is 2.26. The molecule has 6 saturated heterocycles. The molecule has 6 rings (SSSR count). The van der Waals surface area contributed by atoms with Crippen molar-refractivity contribution in [2.24, 2.45) is 46.8 Å². The summed E-state index contributed by atoms with van der Waals surface area (Å²) in [6, 6.07) is 0.378. The number of rotatable bonds is 22. The molecule has 6 amide bonds. The maximum atomic E-state index is 11.5. The summed E-state index contributed by atoms with van der Waals surface area (Å²) in [6.07, 6.45) is 9.82. The average molecular weight is 1170 g/mol. The second kappa shape index (κ2) is 36.3. The van der Waals surface area contributed by atoms with E-state index in [2.05, 4.69) is 27.7 Å². The molecule has 0 aromatic heterocycles. The Morgan fingerprint density at radius 1 is 0.415 bits per heavy atom. The first-order valence-corrected chi connectivity index (χ1v) is 29.3. The molecule has 0 spiro atoms. The lowest BCUT2D eigenvalue weighted by atomic mass is 9.96. The van der Waals surface area contributed by atoms with Gasteiger partial charge in [-0.15, -0.1) is 0 Å². The number of hydrogen-bond acceptors (Lipinski definition) is 12. The molecule has 0 aromatic carbocycles. The van der Waals surface area contributed by atoms with E-state index >= 15 is 0 Å². The third kappa shape index (κ3) is 25.8. The Morgan fingerprint density at radius 2 is 0.720 bits per heavy atom. The van der Waals surface area contributed by atoms with Gasteiger partial charge < -0.3 is 60.0 Å². The molecule has 82 heavy (non-hydrogen) atoms. The van der Waals surface area contributed by atoms with Gasteiger partial charge in [-0.05, 0) is 56.8 Å². The van der Waals surface area contributed by atoms with E-state index < -0.39 is 71.3 Å². The first kappa shape index (κ1) is 73.7. The minimum absolute atomic E-state index is 0.00602. The van der Waals surface area contributed by atoms with Gasteiger partial charge >= 0.3 is 35.8 Å². The van der Waals surface area contributed by atoms with Gasteiger partial charge in [0.15, 0.2) is 0 Å². The summed E-state index contributed by atoms with van der Waals surface area (Å²) in [5, 5.41) is 52.5. The Balaban J connectivity index is 0.000000492. The highest BCUT2D eigenvalue weighted by atomic mass is 16.4. The van der Waals surface area contributed by atoms with E-state index in [1.54, 1.807) is 29.4 Å². The summed E-state index contributed by atoms with van der Waals surface area (Å²) in [4.78, 5) is 142. The lowest BCUT2D eigenvalue weighted by molar-refractivity contribution is -0.142. The smallest absolute Gasteiger partial charge is 0.308 e. The fourth-order valence-electron chi connectivity index (χ4n) is 9.96. The zero-order chi connectivity index (χ0) is 62.8. The number of carbonyl (C=O) groups excluding carboxylic acids is 6. The monoisotopic (exact) mass is 1170 g/mol. The number of carbonyl (C=O) groups is 12. The molecular formula is C58H98N6O18. The molecule has 24 nitrogen and oxygen atoms in total. The third-order valence-electron chi connectivity index (χ3n) is 15.2. The maximum absolute atomic E-state index is 11.5. The topological polar surface area (TPSA) is 346 Å². The van der Waals surface area contributed by atoms with Gasteiger partial charge in [-0.25, -0.2) is 0 Å². The van der Waals surface area contributed by atoms with E-state index in [9.17, 15) is 57.5 Å². The van der Waals surface area contributed by atoms with Crippen LogP contribution >= 0.6 is 0 Å². The molecule has 468 valence electrons. The second-order valence-electron chi connectivity index (χ2n) is 23.9. The molecule has 7 unspecified atom stereocenters. The highest BCUT2D eigenvalue weighted by Gasteiger charge is 2.40. The number of nitrogens with zero attached hydrogens (tertiary/aromatic N) is 6. The van der Waals surface area contributed by atoms with E-state index in [0.29, 0.717) is 64.8 Å². The quantitative estimate of drug-likeness (QED) is 0.0720. The molecule has 6 heterocycles. The molecule has 0 saturated carbocycles. The van der Waals surface area contributed by atoms with Crippen molar-refractivity contribution in [2.45, 2.75) is 185 Å². The SMILES string of the molecule is CC(C)(C)CN1CC(C(=O)O)CC1=O.CC(C)CCN1CC(C(=O)O)CC1=O.CCC(C)N1CC(C(=O)O)CC1=O.CCC(CC)N1CC(C(=O)O)CC1=O.CCCCCN1CC(C(=O)O)CC1=O.CCCCN1CC(C(=O)O)CC1=O. The zero-order valence-electron chi connectivity index (χ0n) is 50.6. The van der Waals surface area contributed by atoms with Crippen LogP contribution in [0.5, 0.6) is 0 Å². The lowest BCUT2D eigenvalue weighted by Crippen LogP contribution is -2.36. The average Bonchev–Trinajstić information content (AvgIpc) is 4.31. The first-order chi connectivity index (χ1) is 38.2. The Hall–Kier alpha value is -6.36. The molecule has 0 radical (unpaired) electrons. The maximum Gasteiger partial charge on any atom is 0.308 e. The minimum Gasteiger partial charge on any atom is -0.481 e. The molecule has 7 atom stereocenters. The summed E-state index contributed by atoms with van der Waals surface area (Å²) < 4.78 is 0. The van der Waals surface area contributed by atoms with E-state index in [4.69, 9.17) is 30.6 Å². The predicted molar refractivity (Wildman–Crippen MR) is 302 cm³/mol. The molecule has 6 fully saturated rings. The van der Waals surface area contributed by atoms with Gasteiger partial charge in [0, 0.05) is 116 Å². The van der Waals surface area contributed by atoms with Gasteiger partial charge in [-0.1, -0.05) is 88.5 Å². The number of hydrogen-bond donors (Lipinski definition) is 6. The highest BCUT2D eigenvalue weighted by molar-refractivity contribution is 5.89. The van der Waals surface area contributed by atoms with Crippen LogP contribution in [0.3, 0.4) is 0 Å². The van der Waals surface area contributed by atoms with Gasteiger partial charge in [-0.2, -0.15) is 0 Å². The molecule has 6 N–H and O–H groups in total. The number of aliphatic carboxylic acids is 6. The van der Waals surface area contributed by atoms with Gasteiger partial charge in [0.25, 0.3) is 0 Å². The second-order valence-corrected chi connectivity index (χ2v) is 23.9. The standard InChI is InChI=1S/4C10H17NO3.2C9H15NO3/c1-10(2,3)6-11-5-7(9(13)14)4-8(11)12;1-7(2)3-4-11-6-8(10(13)14)5-9(11)12;1-3-8(4-2)11-6-7(10(13)14)5-9(11)12;1-2-3-4-5-11-7-8(10(13)14)6-9(11)12;1-3-6(2)10-5-7(9(12)13)4-8(10)11;1-2-3-4-10-6-7(9(12)13)5-8(10)11/h7H,4-6H2,1-3H3,(H,13,14);2*7-8H,3-6H2,1-2H3,(H,13,14);8H,2-7H2,1H3,(H,13,14);6-7H,3-5H2,1-2H3,(H,12,13);7H,2-6H2,1H3,(H,12,13). The van der Waals surface area contributed by atoms with Crippen molar-refractivity contribution in [3.8, 4) is 0 Å². The largest absolute Gasteiger partial charge is 0.481 e. The summed E-state index contributed by atoms with van der Waals surface area (Å²) in [6.45, 7) is 27.5. The van der Waals surface area contributed by atoms with Crippen LogP contribution in [0.4, 0.5) is 0 Å². The van der Waals surface area contributed by atoms with E-state index in [0.717, 1.165) is 64.3 Å². The first-order valence-electron chi connectivity index (χ1n) is 29.3. The fourth-order valence-corrected chi connectivity index (χ4v) is 9.96. The van der Waals surface area contributed by atoms with Crippen LogP contribution in [0, 0.1) is 46.8 Å². The van der Waals surface area contributed by atoms with E-state index in [-0.39, 0.29) is 91.5 Å². The molecular weight excluding hydrogens is 1070 g/mol. The molecule has 0 aromatic rings. The summed E-state index contributed by atoms with van der Waals surface area (Å²) in [5.74, 6) is -7.66. The van der Waals surface area contributed by atoms with Gasteiger partial charge in [-0.3, -0.25) is 57.5 Å². The van der Waals surface area contributed by atoms with Crippen LogP contribution in [0.2, 0.25) is 0 Å². The van der Waals surface area contributed by atoms with Crippen LogP contribution in [0.15, 0.2) is 0 Å². The van der Waals surface area contributed by atoms with Gasteiger partial charge in [0.2, 0.25) is 35.4 Å². The number of likely N-dealkylation sites (tertiary alicyclic amines) is 6. The van der Waals surface area contributed by atoms with Crippen molar-refractivity contribution in [1.29, 1.82) is 0 Å².